The van der Waals surface area contributed by atoms with E-state index in [1.165, 1.54) is 0 Å². The first-order valence-electron chi connectivity index (χ1n) is 9.46. The number of hydrogen-bond acceptors (Lipinski definition) is 4. The number of anilines is 1. The van der Waals surface area contributed by atoms with Gasteiger partial charge in [0.15, 0.2) is 0 Å². The van der Waals surface area contributed by atoms with Crippen LogP contribution in [0.3, 0.4) is 0 Å². The van der Waals surface area contributed by atoms with E-state index < -0.39 is 57.7 Å². The zero-order valence-electron chi connectivity index (χ0n) is 16.8. The molecule has 192 valence electrons. The van der Waals surface area contributed by atoms with Gasteiger partial charge in [0.25, 0.3) is 5.91 Å². The normalized spacial score (nSPS) is 25.5. The summed E-state index contributed by atoms with van der Waals surface area (Å²) >= 11 is 0.397. The van der Waals surface area contributed by atoms with Gasteiger partial charge >= 0.3 is 41.3 Å². The number of rotatable bonds is 3. The van der Waals surface area contributed by atoms with Crippen molar-refractivity contribution in [2.45, 2.75) is 67.4 Å². The van der Waals surface area contributed by atoms with Crippen molar-refractivity contribution in [3.05, 3.63) is 16.0 Å². The summed E-state index contributed by atoms with van der Waals surface area (Å²) in [6, 6.07) is 0. The van der Waals surface area contributed by atoms with Crippen molar-refractivity contribution in [1.82, 2.24) is 0 Å². The van der Waals surface area contributed by atoms with E-state index in [9.17, 15) is 57.9 Å². The molecule has 1 fully saturated rings. The fourth-order valence-corrected chi connectivity index (χ4v) is 5.12. The van der Waals surface area contributed by atoms with Crippen molar-refractivity contribution >= 4 is 28.2 Å². The van der Waals surface area contributed by atoms with Crippen LogP contribution in [0.1, 0.15) is 40.1 Å². The molecule has 4 nitrogen and oxygen atoms in total. The zero-order valence-corrected chi connectivity index (χ0v) is 17.6. The van der Waals surface area contributed by atoms with E-state index in [-0.39, 0.29) is 18.4 Å². The number of thiophene rings is 1. The number of aryl methyl sites for hydroxylation is 1. The van der Waals surface area contributed by atoms with Crippen LogP contribution in [0.2, 0.25) is 0 Å². The molecule has 1 aromatic rings. The average molecular weight is 533 g/mol. The highest BCUT2D eigenvalue weighted by Crippen LogP contribution is 2.69. The van der Waals surface area contributed by atoms with Crippen molar-refractivity contribution in [2.75, 3.05) is 12.4 Å². The molecular formula is C18H14F11NO3S. The minimum absolute atomic E-state index is 0.140. The summed E-state index contributed by atoms with van der Waals surface area (Å²) in [4.78, 5) is 24.7. The maximum Gasteiger partial charge on any atom is 0.384 e. The second kappa shape index (κ2) is 7.68. The summed E-state index contributed by atoms with van der Waals surface area (Å²) in [5.74, 6) is -41.6. The Hall–Kier alpha value is -2.13. The number of halogens is 11. The molecule has 0 saturated heterocycles. The Kier molecular flexibility index (Phi) is 5.98. The number of ether oxygens (including phenoxy) is 1. The van der Waals surface area contributed by atoms with Crippen molar-refractivity contribution in [1.29, 1.82) is 0 Å². The molecule has 0 atom stereocenters. The molecule has 1 aromatic heterocycles. The van der Waals surface area contributed by atoms with E-state index in [4.69, 9.17) is 0 Å². The number of carbonyl (C=O) groups is 2. The van der Waals surface area contributed by atoms with Crippen molar-refractivity contribution in [3.63, 3.8) is 0 Å². The number of nitrogens with one attached hydrogen (secondary N) is 1. The largest absolute Gasteiger partial charge is 0.465 e. The Bertz CT molecular complexity index is 991. The predicted octanol–water partition coefficient (Wildman–Crippen LogP) is 5.64. The van der Waals surface area contributed by atoms with Gasteiger partial charge < -0.3 is 10.1 Å². The van der Waals surface area contributed by atoms with E-state index in [1.54, 1.807) is 0 Å². The number of esters is 1. The summed E-state index contributed by atoms with van der Waals surface area (Å²) < 4.78 is 158. The molecule has 16 heteroatoms. The molecule has 1 heterocycles. The first-order chi connectivity index (χ1) is 15.3. The molecule has 0 aliphatic heterocycles. The third kappa shape index (κ3) is 2.95. The number of methoxy groups -OCH3 is 1. The van der Waals surface area contributed by atoms with E-state index >= 15 is 0 Å². The van der Waals surface area contributed by atoms with Gasteiger partial charge in [-0.2, -0.15) is 43.9 Å². The molecule has 1 saturated carbocycles. The molecule has 3 rings (SSSR count). The van der Waals surface area contributed by atoms with Crippen LogP contribution in [0.4, 0.5) is 53.3 Å². The van der Waals surface area contributed by atoms with Crippen LogP contribution >= 0.6 is 11.3 Å². The number of alkyl halides is 11. The summed E-state index contributed by atoms with van der Waals surface area (Å²) in [5, 5.41) is 0.140. The lowest BCUT2D eigenvalue weighted by Crippen LogP contribution is -2.86. The minimum atomic E-state index is -7.43. The van der Waals surface area contributed by atoms with Crippen LogP contribution in [-0.4, -0.2) is 54.3 Å². The van der Waals surface area contributed by atoms with Gasteiger partial charge in [0, 0.05) is 4.88 Å². The van der Waals surface area contributed by atoms with Gasteiger partial charge in [0.2, 0.25) is 0 Å². The van der Waals surface area contributed by atoms with E-state index in [0.717, 1.165) is 12.4 Å². The van der Waals surface area contributed by atoms with Gasteiger partial charge in [-0.25, -0.2) is 9.18 Å². The molecule has 0 aromatic carbocycles. The Morgan fingerprint density at radius 1 is 0.765 bits per heavy atom. The van der Waals surface area contributed by atoms with Gasteiger partial charge in [-0.1, -0.05) is 6.42 Å². The smallest absolute Gasteiger partial charge is 0.384 e. The minimum Gasteiger partial charge on any atom is -0.465 e. The molecule has 1 N–H and O–H groups in total. The standard InChI is InChI=1S/C18H14F11NO3S/c1-33-11(31)9-7-5-3-2-4-6-8(7)34-10(9)30-12(32)13(19)14(20,21)16(24,25)18(28,29)17(26,27)15(13,22)23/h2-6H2,1H3,(H,30,32). The van der Waals surface area contributed by atoms with Crippen LogP contribution < -0.4 is 5.32 Å². The molecule has 34 heavy (non-hydrogen) atoms. The summed E-state index contributed by atoms with van der Waals surface area (Å²) in [6.45, 7) is 0. The second-order valence-corrected chi connectivity index (χ2v) is 8.85. The molecule has 0 radical (unpaired) electrons. The quantitative estimate of drug-likeness (QED) is 0.311. The molecule has 2 aliphatic carbocycles. The van der Waals surface area contributed by atoms with Gasteiger partial charge in [0.05, 0.1) is 12.7 Å². The third-order valence-electron chi connectivity index (χ3n) is 5.79. The Balaban J connectivity index is 2.17. The lowest BCUT2D eigenvalue weighted by molar-refractivity contribution is -0.475. The van der Waals surface area contributed by atoms with Crippen LogP contribution in [0.25, 0.3) is 0 Å². The molecule has 1 amide bonds. The maximum atomic E-state index is 15.0. The predicted molar refractivity (Wildman–Crippen MR) is 94.1 cm³/mol. The molecule has 0 bridgehead atoms. The van der Waals surface area contributed by atoms with E-state index in [2.05, 4.69) is 4.74 Å². The average Bonchev–Trinajstić information content (AvgIpc) is 2.90. The SMILES string of the molecule is COC(=O)c1c(NC(=O)C2(F)C(F)(F)C(F)(F)C(F)(F)C(F)(F)C2(F)F)sc2c1CCCCC2. The summed E-state index contributed by atoms with van der Waals surface area (Å²) in [5.41, 5.74) is -7.28. The highest BCUT2D eigenvalue weighted by Gasteiger charge is 3.02. The fraction of sp³-hybridized carbons (Fsp3) is 0.667. The van der Waals surface area contributed by atoms with Crippen molar-refractivity contribution < 1.29 is 62.6 Å². The topological polar surface area (TPSA) is 55.4 Å². The number of amides is 1. The molecule has 0 unspecified atom stereocenters. The fourth-order valence-electron chi connectivity index (χ4n) is 3.84. The van der Waals surface area contributed by atoms with Gasteiger partial charge in [0.1, 0.15) is 5.00 Å². The van der Waals surface area contributed by atoms with Crippen molar-refractivity contribution in [3.8, 4) is 0 Å². The highest BCUT2D eigenvalue weighted by molar-refractivity contribution is 7.17. The zero-order chi connectivity index (χ0) is 26.1. The Morgan fingerprint density at radius 3 is 1.74 bits per heavy atom. The molecule has 0 spiro atoms. The van der Waals surface area contributed by atoms with E-state index in [1.807, 2.05) is 0 Å². The Morgan fingerprint density at radius 2 is 1.24 bits per heavy atom. The Labute approximate surface area is 187 Å². The summed E-state index contributed by atoms with van der Waals surface area (Å²) in [6.07, 6.45) is 2.04. The first-order valence-corrected chi connectivity index (χ1v) is 10.3. The second-order valence-electron chi connectivity index (χ2n) is 7.74. The summed E-state index contributed by atoms with van der Waals surface area (Å²) in [7, 11) is 0.831. The maximum absolute atomic E-state index is 15.0. The monoisotopic (exact) mass is 533 g/mol. The number of carbonyl (C=O) groups excluding carboxylic acids is 2. The van der Waals surface area contributed by atoms with Crippen molar-refractivity contribution in [2.24, 2.45) is 0 Å². The van der Waals surface area contributed by atoms with Gasteiger partial charge in [-0.15, -0.1) is 11.3 Å². The van der Waals surface area contributed by atoms with Crippen LogP contribution in [0.15, 0.2) is 0 Å². The van der Waals surface area contributed by atoms with Gasteiger partial charge in [-0.3, -0.25) is 4.79 Å². The highest BCUT2D eigenvalue weighted by atomic mass is 32.1. The van der Waals surface area contributed by atoms with Crippen LogP contribution in [-0.2, 0) is 22.4 Å². The van der Waals surface area contributed by atoms with Crippen LogP contribution in [0, 0.1) is 0 Å². The number of hydrogen-bond donors (Lipinski definition) is 1. The van der Waals surface area contributed by atoms with E-state index in [0.29, 0.717) is 35.5 Å². The van der Waals surface area contributed by atoms with Gasteiger partial charge in [-0.05, 0) is 31.2 Å². The molecule has 2 aliphatic rings. The lowest BCUT2D eigenvalue weighted by atomic mass is 9.71. The van der Waals surface area contributed by atoms with Crippen LogP contribution in [0.5, 0.6) is 0 Å². The molecular weight excluding hydrogens is 519 g/mol. The number of fused-ring (bicyclic) bond motifs is 1. The lowest BCUT2D eigenvalue weighted by Gasteiger charge is -2.51. The first kappa shape index (κ1) is 26.5. The third-order valence-corrected chi connectivity index (χ3v) is 7.00.